The maximum atomic E-state index is 12.4. The van der Waals surface area contributed by atoms with E-state index < -0.39 is 16.9 Å². The van der Waals surface area contributed by atoms with Gasteiger partial charge in [-0.2, -0.15) is 0 Å². The number of hydrogen-bond acceptors (Lipinski definition) is 6. The van der Waals surface area contributed by atoms with Gasteiger partial charge in [-0.3, -0.25) is 19.7 Å². The van der Waals surface area contributed by atoms with Crippen LogP contribution in [0.3, 0.4) is 0 Å². The van der Waals surface area contributed by atoms with Crippen LogP contribution in [-0.2, 0) is 16.0 Å². The van der Waals surface area contributed by atoms with Gasteiger partial charge in [0.25, 0.3) is 5.69 Å². The number of nitro benzene ring substituents is 1. The monoisotopic (exact) mass is 337 g/mol. The molecule has 1 amide bonds. The summed E-state index contributed by atoms with van der Waals surface area (Å²) in [6, 6.07) is 0.241. The molecule has 3 N–H and O–H groups in total. The number of methoxy groups -OCH3 is 1. The van der Waals surface area contributed by atoms with Crippen molar-refractivity contribution in [2.24, 2.45) is 5.73 Å². The van der Waals surface area contributed by atoms with Crippen molar-refractivity contribution in [3.05, 3.63) is 27.3 Å². The summed E-state index contributed by atoms with van der Waals surface area (Å²) in [6.07, 6.45) is 0.314. The molecule has 0 saturated carbocycles. The van der Waals surface area contributed by atoms with E-state index in [-0.39, 0.29) is 36.7 Å². The molecule has 0 radical (unpaired) electrons. The molecule has 0 fully saturated rings. The fourth-order valence-corrected chi connectivity index (χ4v) is 2.92. The molecule has 1 heterocycles. The van der Waals surface area contributed by atoms with Gasteiger partial charge in [0, 0.05) is 24.6 Å². The molecule has 9 nitrogen and oxygen atoms in total. The number of carboxylic acid groups (broad SMARTS) is 1. The summed E-state index contributed by atoms with van der Waals surface area (Å²) < 4.78 is 5.32. The number of carboxylic acids is 1. The molecule has 2 rings (SSSR count). The first-order valence-electron chi connectivity index (χ1n) is 7.41. The number of carbonyl (C=O) groups is 2. The van der Waals surface area contributed by atoms with E-state index in [1.54, 1.807) is 6.92 Å². The average molecular weight is 337 g/mol. The number of carbonyl (C=O) groups excluding carboxylic acids is 1. The molecule has 1 aliphatic heterocycles. The Kier molecular flexibility index (Phi) is 5.03. The van der Waals surface area contributed by atoms with E-state index in [0.29, 0.717) is 23.3 Å². The van der Waals surface area contributed by atoms with Crippen LogP contribution < -0.4 is 15.4 Å². The second-order valence-corrected chi connectivity index (χ2v) is 5.61. The average Bonchev–Trinajstić information content (AvgIpc) is 2.95. The lowest BCUT2D eigenvalue weighted by molar-refractivity contribution is -0.384. The Labute approximate surface area is 138 Å². The molecule has 0 saturated heterocycles. The fourth-order valence-electron chi connectivity index (χ4n) is 2.92. The molecule has 1 aliphatic rings. The lowest BCUT2D eigenvalue weighted by Gasteiger charge is -2.19. The van der Waals surface area contributed by atoms with Crippen molar-refractivity contribution in [1.82, 2.24) is 0 Å². The normalized spacial score (nSPS) is 14.2. The number of nitro groups is 1. The van der Waals surface area contributed by atoms with Crippen LogP contribution in [0.2, 0.25) is 0 Å². The van der Waals surface area contributed by atoms with Crippen LogP contribution in [0.4, 0.5) is 11.4 Å². The molecule has 1 aromatic carbocycles. The van der Waals surface area contributed by atoms with Crippen molar-refractivity contribution in [2.45, 2.75) is 32.2 Å². The lowest BCUT2D eigenvalue weighted by atomic mass is 10.0. The first-order chi connectivity index (χ1) is 11.3. The topological polar surface area (TPSA) is 136 Å². The smallest absolute Gasteiger partial charge is 0.320 e. The minimum Gasteiger partial charge on any atom is -0.496 e. The van der Waals surface area contributed by atoms with Gasteiger partial charge in [0.1, 0.15) is 17.5 Å². The standard InChI is InChI=1S/C15H19N3O6/c1-8-7-11(18(22)23)13-9(14(8)24-2)5-6-17(13)12(19)4-3-10(16)15(20)21/h7,10H,3-6,16H2,1-2H3,(H,20,21)/t10-/m0/s1. The Morgan fingerprint density at radius 2 is 2.21 bits per heavy atom. The molecule has 0 unspecified atom stereocenters. The number of benzene rings is 1. The van der Waals surface area contributed by atoms with E-state index in [1.165, 1.54) is 18.1 Å². The summed E-state index contributed by atoms with van der Waals surface area (Å²) in [7, 11) is 1.48. The van der Waals surface area contributed by atoms with Gasteiger partial charge in [-0.25, -0.2) is 0 Å². The SMILES string of the molecule is COc1c(C)cc([N+](=O)[O-])c2c1CCN2C(=O)CC[C@H](N)C(=O)O. The maximum absolute atomic E-state index is 12.4. The number of aryl methyl sites for hydroxylation is 1. The Hall–Kier alpha value is -2.68. The van der Waals surface area contributed by atoms with Crippen molar-refractivity contribution >= 4 is 23.3 Å². The van der Waals surface area contributed by atoms with Crippen LogP contribution in [0.5, 0.6) is 5.75 Å². The number of amides is 1. The summed E-state index contributed by atoms with van der Waals surface area (Å²) in [5, 5.41) is 20.1. The highest BCUT2D eigenvalue weighted by Crippen LogP contribution is 2.44. The first-order valence-corrected chi connectivity index (χ1v) is 7.41. The third-order valence-corrected chi connectivity index (χ3v) is 4.06. The molecule has 24 heavy (non-hydrogen) atoms. The van der Waals surface area contributed by atoms with E-state index in [4.69, 9.17) is 15.6 Å². The van der Waals surface area contributed by atoms with Crippen molar-refractivity contribution in [2.75, 3.05) is 18.6 Å². The number of aliphatic carboxylic acids is 1. The maximum Gasteiger partial charge on any atom is 0.320 e. The number of ether oxygens (including phenoxy) is 1. The third kappa shape index (κ3) is 3.16. The van der Waals surface area contributed by atoms with Crippen molar-refractivity contribution in [3.63, 3.8) is 0 Å². The van der Waals surface area contributed by atoms with Crippen LogP contribution >= 0.6 is 0 Å². The van der Waals surface area contributed by atoms with Crippen molar-refractivity contribution in [1.29, 1.82) is 0 Å². The molecule has 1 aromatic rings. The Morgan fingerprint density at radius 3 is 2.75 bits per heavy atom. The largest absolute Gasteiger partial charge is 0.496 e. The van der Waals surface area contributed by atoms with Gasteiger partial charge in [0.15, 0.2) is 0 Å². The molecule has 1 atom stereocenters. The van der Waals surface area contributed by atoms with Gasteiger partial charge in [-0.05, 0) is 25.3 Å². The number of nitrogens with two attached hydrogens (primary N) is 1. The molecule has 9 heteroatoms. The van der Waals surface area contributed by atoms with Gasteiger partial charge < -0.3 is 20.5 Å². The second kappa shape index (κ2) is 6.83. The number of nitrogens with zero attached hydrogens (tertiary/aromatic N) is 2. The first kappa shape index (κ1) is 17.7. The lowest BCUT2D eigenvalue weighted by Crippen LogP contribution is -2.34. The van der Waals surface area contributed by atoms with E-state index >= 15 is 0 Å². The minimum absolute atomic E-state index is 0.0310. The van der Waals surface area contributed by atoms with Gasteiger partial charge in [0.2, 0.25) is 5.91 Å². The summed E-state index contributed by atoms with van der Waals surface area (Å²) in [4.78, 5) is 35.3. The predicted molar refractivity (Wildman–Crippen MR) is 85.3 cm³/mol. The van der Waals surface area contributed by atoms with Crippen LogP contribution in [0, 0.1) is 17.0 Å². The second-order valence-electron chi connectivity index (χ2n) is 5.61. The fraction of sp³-hybridized carbons (Fsp3) is 0.467. The Bertz CT molecular complexity index is 703. The van der Waals surface area contributed by atoms with Crippen molar-refractivity contribution < 1.29 is 24.4 Å². The van der Waals surface area contributed by atoms with E-state index in [1.807, 2.05) is 0 Å². The zero-order valence-corrected chi connectivity index (χ0v) is 13.4. The summed E-state index contributed by atoms with van der Waals surface area (Å²) >= 11 is 0. The summed E-state index contributed by atoms with van der Waals surface area (Å²) in [6.45, 7) is 2.00. The predicted octanol–water partition coefficient (Wildman–Crippen LogP) is 0.993. The van der Waals surface area contributed by atoms with Gasteiger partial charge in [0.05, 0.1) is 12.0 Å². The molecular formula is C15H19N3O6. The molecular weight excluding hydrogens is 318 g/mol. The van der Waals surface area contributed by atoms with Gasteiger partial charge in [-0.15, -0.1) is 0 Å². The van der Waals surface area contributed by atoms with E-state index in [0.717, 1.165) is 0 Å². The molecule has 0 aliphatic carbocycles. The molecule has 0 aromatic heterocycles. The van der Waals surface area contributed by atoms with Crippen LogP contribution in [0.15, 0.2) is 6.07 Å². The Balaban J connectivity index is 2.35. The van der Waals surface area contributed by atoms with Gasteiger partial charge in [-0.1, -0.05) is 0 Å². The van der Waals surface area contributed by atoms with E-state index in [2.05, 4.69) is 0 Å². The zero-order valence-electron chi connectivity index (χ0n) is 13.4. The zero-order chi connectivity index (χ0) is 18.0. The molecule has 0 bridgehead atoms. The highest BCUT2D eigenvalue weighted by molar-refractivity contribution is 5.99. The highest BCUT2D eigenvalue weighted by Gasteiger charge is 2.35. The summed E-state index contributed by atoms with van der Waals surface area (Å²) in [5.41, 5.74) is 6.73. The molecule has 0 spiro atoms. The minimum atomic E-state index is -1.19. The number of anilines is 1. The van der Waals surface area contributed by atoms with Crippen LogP contribution in [0.25, 0.3) is 0 Å². The number of rotatable bonds is 6. The number of hydrogen-bond donors (Lipinski definition) is 2. The van der Waals surface area contributed by atoms with E-state index in [9.17, 15) is 19.7 Å². The highest BCUT2D eigenvalue weighted by atomic mass is 16.6. The van der Waals surface area contributed by atoms with Crippen LogP contribution in [0.1, 0.15) is 24.0 Å². The van der Waals surface area contributed by atoms with Crippen molar-refractivity contribution in [3.8, 4) is 5.75 Å². The Morgan fingerprint density at radius 1 is 1.54 bits per heavy atom. The van der Waals surface area contributed by atoms with Gasteiger partial charge >= 0.3 is 5.97 Å². The van der Waals surface area contributed by atoms with Crippen LogP contribution in [-0.4, -0.2) is 41.6 Å². The number of fused-ring (bicyclic) bond motifs is 1. The summed E-state index contributed by atoms with van der Waals surface area (Å²) in [5.74, 6) is -1.04. The third-order valence-electron chi connectivity index (χ3n) is 4.06. The quantitative estimate of drug-likeness (QED) is 0.583. The molecule has 130 valence electrons.